The van der Waals surface area contributed by atoms with E-state index in [-0.39, 0.29) is 5.52 Å². The summed E-state index contributed by atoms with van der Waals surface area (Å²) in [5, 5.41) is 0. The number of aryl methyl sites for hydroxylation is 1. The van der Waals surface area contributed by atoms with Gasteiger partial charge in [-0.25, -0.2) is 0 Å². The molecule has 1 rings (SSSR count). The van der Waals surface area contributed by atoms with Crippen LogP contribution in [0.1, 0.15) is 29.3 Å². The van der Waals surface area contributed by atoms with Gasteiger partial charge in [-0.2, -0.15) is 0 Å². The monoisotopic (exact) mass is 209 g/mol. The molecule has 0 aliphatic rings. The Kier molecular flexibility index (Phi) is 3.97. The number of carbonyl (C=O) groups excluding carboxylic acids is 1. The largest absolute Gasteiger partial charge is 0.281 e. The molecule has 1 aromatic rings. The summed E-state index contributed by atoms with van der Waals surface area (Å²) in [5.74, 6) is 0. The fourth-order valence-corrected chi connectivity index (χ4v) is 2.26. The summed E-state index contributed by atoms with van der Waals surface area (Å²) in [4.78, 5) is 11.6. The minimum Gasteiger partial charge on any atom is -0.281 e. The van der Waals surface area contributed by atoms with Gasteiger partial charge in [0.2, 0.25) is 5.52 Å². The minimum absolute atomic E-state index is 0.217. The molecule has 0 aromatic heterocycles. The van der Waals surface area contributed by atoms with Crippen molar-refractivity contribution in [2.75, 3.05) is 6.16 Å². The SMILES string of the molecule is CCC[P](=O)C(=O)c1cccc(C)c1. The van der Waals surface area contributed by atoms with E-state index >= 15 is 0 Å². The number of hydrogen-bond donors (Lipinski definition) is 0. The zero-order valence-electron chi connectivity index (χ0n) is 8.49. The van der Waals surface area contributed by atoms with Crippen LogP contribution in [0.25, 0.3) is 0 Å². The molecule has 2 nitrogen and oxygen atoms in total. The van der Waals surface area contributed by atoms with Crippen molar-refractivity contribution in [3.63, 3.8) is 0 Å². The fraction of sp³-hybridized carbons (Fsp3) is 0.364. The molecule has 0 saturated heterocycles. The van der Waals surface area contributed by atoms with E-state index in [0.717, 1.165) is 12.0 Å². The number of carbonyl (C=O) groups is 1. The van der Waals surface area contributed by atoms with E-state index in [4.69, 9.17) is 0 Å². The summed E-state index contributed by atoms with van der Waals surface area (Å²) in [6.45, 7) is 3.85. The van der Waals surface area contributed by atoms with Gasteiger partial charge in [0.05, 0.1) is 0 Å². The molecule has 1 atom stereocenters. The van der Waals surface area contributed by atoms with Gasteiger partial charge in [-0.1, -0.05) is 30.7 Å². The Balaban J connectivity index is 2.84. The predicted octanol–water partition coefficient (Wildman–Crippen LogP) is 3.37. The van der Waals surface area contributed by atoms with Crippen molar-refractivity contribution < 1.29 is 9.36 Å². The standard InChI is InChI=1S/C11H14O2P/c1-3-7-14(13)11(12)10-6-4-5-9(2)8-10/h4-6,8H,3,7H2,1-2H3. The van der Waals surface area contributed by atoms with Gasteiger partial charge in [0.1, 0.15) is 7.80 Å². The highest BCUT2D eigenvalue weighted by molar-refractivity contribution is 7.64. The lowest BCUT2D eigenvalue weighted by Gasteiger charge is -2.00. The molecule has 14 heavy (non-hydrogen) atoms. The maximum absolute atomic E-state index is 11.6. The zero-order chi connectivity index (χ0) is 10.6. The summed E-state index contributed by atoms with van der Waals surface area (Å²) in [5.41, 5.74) is 1.38. The third-order valence-corrected chi connectivity index (χ3v) is 3.48. The summed E-state index contributed by atoms with van der Waals surface area (Å²) in [6, 6.07) is 7.24. The average Bonchev–Trinajstić information content (AvgIpc) is 2.17. The molecule has 1 radical (unpaired) electrons. The third kappa shape index (κ3) is 2.74. The molecule has 0 spiro atoms. The van der Waals surface area contributed by atoms with Crippen LogP contribution in [0.15, 0.2) is 24.3 Å². The van der Waals surface area contributed by atoms with Gasteiger partial charge in [-0.05, 0) is 19.4 Å². The quantitative estimate of drug-likeness (QED) is 0.712. The highest BCUT2D eigenvalue weighted by Crippen LogP contribution is 2.27. The molecule has 0 bridgehead atoms. The highest BCUT2D eigenvalue weighted by Gasteiger charge is 2.13. The molecule has 3 heteroatoms. The van der Waals surface area contributed by atoms with Crippen molar-refractivity contribution in [1.29, 1.82) is 0 Å². The van der Waals surface area contributed by atoms with E-state index in [1.165, 1.54) is 0 Å². The maximum atomic E-state index is 11.6. The average molecular weight is 209 g/mol. The number of benzene rings is 1. The van der Waals surface area contributed by atoms with Gasteiger partial charge >= 0.3 is 0 Å². The molecule has 1 aromatic carbocycles. The Hall–Kier alpha value is -1.01. The van der Waals surface area contributed by atoms with Crippen molar-refractivity contribution in [2.45, 2.75) is 20.3 Å². The molecule has 0 saturated carbocycles. The van der Waals surface area contributed by atoms with E-state index in [0.29, 0.717) is 11.7 Å². The van der Waals surface area contributed by atoms with Crippen molar-refractivity contribution in [1.82, 2.24) is 0 Å². The van der Waals surface area contributed by atoms with Crippen LogP contribution in [0.4, 0.5) is 0 Å². The molecule has 0 fully saturated rings. The van der Waals surface area contributed by atoms with Crippen molar-refractivity contribution in [2.24, 2.45) is 0 Å². The van der Waals surface area contributed by atoms with Gasteiger partial charge in [0, 0.05) is 11.7 Å². The molecule has 0 heterocycles. The maximum Gasteiger partial charge on any atom is 0.241 e. The van der Waals surface area contributed by atoms with Crippen molar-refractivity contribution in [3.05, 3.63) is 35.4 Å². The Morgan fingerprint density at radius 1 is 1.43 bits per heavy atom. The second-order valence-electron chi connectivity index (χ2n) is 3.28. The Morgan fingerprint density at radius 2 is 2.14 bits per heavy atom. The molecule has 75 valence electrons. The molecule has 0 N–H and O–H groups in total. The van der Waals surface area contributed by atoms with Gasteiger partial charge in [-0.15, -0.1) is 0 Å². The topological polar surface area (TPSA) is 34.1 Å². The lowest BCUT2D eigenvalue weighted by atomic mass is 10.2. The smallest absolute Gasteiger partial charge is 0.241 e. The summed E-state index contributed by atoms with van der Waals surface area (Å²) < 4.78 is 11.5. The Bertz CT molecular complexity index is 358. The lowest BCUT2D eigenvalue weighted by molar-refractivity contribution is 0.107. The van der Waals surface area contributed by atoms with Crippen LogP contribution < -0.4 is 0 Å². The first-order valence-electron chi connectivity index (χ1n) is 4.71. The predicted molar refractivity (Wildman–Crippen MR) is 58.3 cm³/mol. The van der Waals surface area contributed by atoms with Crippen molar-refractivity contribution in [3.8, 4) is 0 Å². The minimum atomic E-state index is -1.72. The fourth-order valence-electron chi connectivity index (χ4n) is 1.23. The first-order valence-corrected chi connectivity index (χ1v) is 6.15. The Morgan fingerprint density at radius 3 is 2.71 bits per heavy atom. The molecule has 0 aliphatic heterocycles. The summed E-state index contributed by atoms with van der Waals surface area (Å²) in [7, 11) is -1.72. The van der Waals surface area contributed by atoms with Gasteiger partial charge in [0.15, 0.2) is 0 Å². The zero-order valence-corrected chi connectivity index (χ0v) is 9.38. The molecule has 0 aliphatic carbocycles. The first kappa shape index (κ1) is 11.1. The summed E-state index contributed by atoms with van der Waals surface area (Å²) >= 11 is 0. The summed E-state index contributed by atoms with van der Waals surface area (Å²) in [6.07, 6.45) is 1.27. The second-order valence-corrected chi connectivity index (χ2v) is 4.89. The van der Waals surface area contributed by atoms with E-state index in [9.17, 15) is 9.36 Å². The van der Waals surface area contributed by atoms with E-state index in [1.54, 1.807) is 12.1 Å². The Labute approximate surface area is 85.1 Å². The van der Waals surface area contributed by atoms with E-state index in [2.05, 4.69) is 0 Å². The van der Waals surface area contributed by atoms with Gasteiger partial charge in [-0.3, -0.25) is 9.36 Å². The highest BCUT2D eigenvalue weighted by atomic mass is 31.1. The van der Waals surface area contributed by atoms with Crippen LogP contribution in [0.3, 0.4) is 0 Å². The van der Waals surface area contributed by atoms with E-state index < -0.39 is 7.80 Å². The van der Waals surface area contributed by atoms with Crippen LogP contribution in [-0.2, 0) is 4.57 Å². The van der Waals surface area contributed by atoms with Crippen LogP contribution in [0, 0.1) is 6.92 Å². The molecule has 1 unspecified atom stereocenters. The molecular formula is C11H14O2P. The third-order valence-electron chi connectivity index (χ3n) is 1.92. The normalized spacial score (nSPS) is 11.1. The lowest BCUT2D eigenvalue weighted by Crippen LogP contribution is -1.95. The molecule has 0 amide bonds. The second kappa shape index (κ2) is 5.02. The van der Waals surface area contributed by atoms with Crippen LogP contribution >= 0.6 is 7.80 Å². The first-order chi connectivity index (χ1) is 6.65. The molecular weight excluding hydrogens is 195 g/mol. The number of hydrogen-bond acceptors (Lipinski definition) is 2. The van der Waals surface area contributed by atoms with Crippen LogP contribution in [0.5, 0.6) is 0 Å². The van der Waals surface area contributed by atoms with E-state index in [1.807, 2.05) is 26.0 Å². The van der Waals surface area contributed by atoms with Gasteiger partial charge < -0.3 is 0 Å². The van der Waals surface area contributed by atoms with Crippen molar-refractivity contribution >= 4 is 13.3 Å². The number of rotatable bonds is 4. The van der Waals surface area contributed by atoms with Crippen LogP contribution in [0.2, 0.25) is 0 Å². The van der Waals surface area contributed by atoms with Gasteiger partial charge in [0.25, 0.3) is 0 Å². The van der Waals surface area contributed by atoms with Crippen LogP contribution in [-0.4, -0.2) is 11.7 Å².